The van der Waals surface area contributed by atoms with Crippen LogP contribution in [0.1, 0.15) is 15.9 Å². The van der Waals surface area contributed by atoms with E-state index in [0.29, 0.717) is 6.20 Å². The van der Waals surface area contributed by atoms with E-state index in [2.05, 4.69) is 4.98 Å². The third-order valence-electron chi connectivity index (χ3n) is 2.46. The molecular weight excluding hydrogens is 294 g/mol. The monoisotopic (exact) mass is 301 g/mol. The SMILES string of the molecule is O=C(O)c1ccc(Oc2ccc(C(F)(F)F)cn2)cc1F. The Morgan fingerprint density at radius 2 is 1.90 bits per heavy atom. The van der Waals surface area contributed by atoms with Gasteiger partial charge in [0.25, 0.3) is 0 Å². The van der Waals surface area contributed by atoms with Crippen molar-refractivity contribution in [2.24, 2.45) is 0 Å². The first kappa shape index (κ1) is 14.8. The van der Waals surface area contributed by atoms with E-state index in [4.69, 9.17) is 9.84 Å². The summed E-state index contributed by atoms with van der Waals surface area (Å²) in [5.74, 6) is -2.71. The van der Waals surface area contributed by atoms with Gasteiger partial charge in [-0.25, -0.2) is 14.2 Å². The summed E-state index contributed by atoms with van der Waals surface area (Å²) in [6, 6.07) is 4.71. The molecule has 1 aromatic heterocycles. The standard InChI is InChI=1S/C13H7F4NO3/c14-10-5-8(2-3-9(10)12(19)20)21-11-4-1-7(6-18-11)13(15,16)17/h1-6H,(H,19,20). The van der Waals surface area contributed by atoms with Crippen molar-refractivity contribution < 1.29 is 32.2 Å². The van der Waals surface area contributed by atoms with Crippen molar-refractivity contribution in [2.45, 2.75) is 6.18 Å². The lowest BCUT2D eigenvalue weighted by atomic mass is 10.2. The van der Waals surface area contributed by atoms with E-state index in [0.717, 1.165) is 24.3 Å². The van der Waals surface area contributed by atoms with Crippen LogP contribution in [-0.4, -0.2) is 16.1 Å². The number of halogens is 4. The Hall–Kier alpha value is -2.64. The van der Waals surface area contributed by atoms with Crippen molar-refractivity contribution in [1.82, 2.24) is 4.98 Å². The molecule has 110 valence electrons. The molecule has 0 fully saturated rings. The predicted octanol–water partition coefficient (Wildman–Crippen LogP) is 3.73. The highest BCUT2D eigenvalue weighted by Gasteiger charge is 2.30. The molecule has 1 heterocycles. The Balaban J connectivity index is 2.19. The number of benzene rings is 1. The fourth-order valence-electron chi connectivity index (χ4n) is 1.46. The molecule has 0 aliphatic heterocycles. The molecule has 1 aromatic carbocycles. The van der Waals surface area contributed by atoms with Gasteiger partial charge >= 0.3 is 12.1 Å². The maximum atomic E-state index is 13.4. The average molecular weight is 301 g/mol. The highest BCUT2D eigenvalue weighted by Crippen LogP contribution is 2.30. The van der Waals surface area contributed by atoms with Crippen molar-refractivity contribution in [3.8, 4) is 11.6 Å². The van der Waals surface area contributed by atoms with Crippen LogP contribution in [0.3, 0.4) is 0 Å². The number of ether oxygens (including phenoxy) is 1. The highest BCUT2D eigenvalue weighted by atomic mass is 19.4. The minimum Gasteiger partial charge on any atom is -0.478 e. The van der Waals surface area contributed by atoms with Crippen LogP contribution in [0.25, 0.3) is 0 Å². The Kier molecular flexibility index (Phi) is 3.79. The molecule has 0 radical (unpaired) electrons. The van der Waals surface area contributed by atoms with Crippen molar-refractivity contribution in [3.05, 3.63) is 53.5 Å². The molecule has 4 nitrogen and oxygen atoms in total. The Morgan fingerprint density at radius 3 is 2.38 bits per heavy atom. The van der Waals surface area contributed by atoms with Gasteiger partial charge in [0.05, 0.1) is 11.1 Å². The molecule has 8 heteroatoms. The van der Waals surface area contributed by atoms with Gasteiger partial charge in [-0.1, -0.05) is 0 Å². The highest BCUT2D eigenvalue weighted by molar-refractivity contribution is 5.88. The summed E-state index contributed by atoms with van der Waals surface area (Å²) in [7, 11) is 0. The molecule has 2 aromatic rings. The lowest BCUT2D eigenvalue weighted by molar-refractivity contribution is -0.137. The van der Waals surface area contributed by atoms with Gasteiger partial charge in [0.1, 0.15) is 11.6 Å². The average Bonchev–Trinajstić information content (AvgIpc) is 2.38. The first-order valence-electron chi connectivity index (χ1n) is 5.51. The molecule has 0 aliphatic carbocycles. The Morgan fingerprint density at radius 1 is 1.19 bits per heavy atom. The summed E-state index contributed by atoms with van der Waals surface area (Å²) in [5.41, 5.74) is -1.48. The zero-order valence-electron chi connectivity index (χ0n) is 10.2. The number of hydrogen-bond donors (Lipinski definition) is 1. The van der Waals surface area contributed by atoms with Crippen LogP contribution < -0.4 is 4.74 Å². The van der Waals surface area contributed by atoms with Gasteiger partial charge in [0.2, 0.25) is 5.88 Å². The normalized spacial score (nSPS) is 11.2. The quantitative estimate of drug-likeness (QED) is 0.878. The zero-order chi connectivity index (χ0) is 15.6. The molecule has 0 saturated heterocycles. The molecule has 0 unspecified atom stereocenters. The van der Waals surface area contributed by atoms with Crippen LogP contribution in [0.15, 0.2) is 36.5 Å². The number of carbonyl (C=O) groups is 1. The van der Waals surface area contributed by atoms with Gasteiger partial charge in [-0.05, 0) is 18.2 Å². The molecule has 0 amide bonds. The largest absolute Gasteiger partial charge is 0.478 e. The molecule has 2 rings (SSSR count). The Labute approximate surface area is 115 Å². The first-order chi connectivity index (χ1) is 9.77. The smallest absolute Gasteiger partial charge is 0.417 e. The second kappa shape index (κ2) is 5.39. The van der Waals surface area contributed by atoms with E-state index in [1.165, 1.54) is 6.07 Å². The van der Waals surface area contributed by atoms with Gasteiger partial charge in [-0.2, -0.15) is 13.2 Å². The number of aromatic carboxylic acids is 1. The molecule has 21 heavy (non-hydrogen) atoms. The van der Waals surface area contributed by atoms with E-state index >= 15 is 0 Å². The predicted molar refractivity (Wildman–Crippen MR) is 62.7 cm³/mol. The van der Waals surface area contributed by atoms with Crippen LogP contribution in [0.2, 0.25) is 0 Å². The number of nitrogens with zero attached hydrogens (tertiary/aromatic N) is 1. The van der Waals surface area contributed by atoms with Gasteiger partial charge in [0, 0.05) is 18.3 Å². The van der Waals surface area contributed by atoms with E-state index < -0.39 is 29.1 Å². The molecular formula is C13H7F4NO3. The van der Waals surface area contributed by atoms with Crippen molar-refractivity contribution >= 4 is 5.97 Å². The number of aromatic nitrogens is 1. The van der Waals surface area contributed by atoms with Crippen LogP contribution in [0.4, 0.5) is 17.6 Å². The molecule has 0 aliphatic rings. The van der Waals surface area contributed by atoms with Gasteiger partial charge in [0.15, 0.2) is 0 Å². The topological polar surface area (TPSA) is 59.4 Å². The molecule has 1 N–H and O–H groups in total. The van der Waals surface area contributed by atoms with Crippen molar-refractivity contribution in [1.29, 1.82) is 0 Å². The second-order valence-corrected chi connectivity index (χ2v) is 3.93. The van der Waals surface area contributed by atoms with Gasteiger partial charge in [-0.3, -0.25) is 0 Å². The third kappa shape index (κ3) is 3.47. The van der Waals surface area contributed by atoms with Crippen LogP contribution >= 0.6 is 0 Å². The minimum absolute atomic E-state index is 0.0789. The fourth-order valence-corrected chi connectivity index (χ4v) is 1.46. The first-order valence-corrected chi connectivity index (χ1v) is 5.51. The lowest BCUT2D eigenvalue weighted by Crippen LogP contribution is -2.05. The third-order valence-corrected chi connectivity index (χ3v) is 2.46. The zero-order valence-corrected chi connectivity index (χ0v) is 10.2. The molecule has 0 spiro atoms. The van der Waals surface area contributed by atoms with Gasteiger partial charge < -0.3 is 9.84 Å². The number of alkyl halides is 3. The number of carboxylic acids is 1. The number of rotatable bonds is 3. The van der Waals surface area contributed by atoms with Crippen molar-refractivity contribution in [3.63, 3.8) is 0 Å². The summed E-state index contributed by atoms with van der Waals surface area (Å²) in [6.07, 6.45) is -3.93. The van der Waals surface area contributed by atoms with E-state index in [1.807, 2.05) is 0 Å². The minimum atomic E-state index is -4.51. The van der Waals surface area contributed by atoms with Crippen LogP contribution in [-0.2, 0) is 6.18 Å². The summed E-state index contributed by atoms with van der Waals surface area (Å²) in [6.45, 7) is 0. The lowest BCUT2D eigenvalue weighted by Gasteiger charge is -2.08. The number of hydrogen-bond acceptors (Lipinski definition) is 3. The van der Waals surface area contributed by atoms with E-state index in [-0.39, 0.29) is 11.6 Å². The summed E-state index contributed by atoms with van der Waals surface area (Å²) in [5, 5.41) is 8.65. The molecule has 0 bridgehead atoms. The summed E-state index contributed by atoms with van der Waals surface area (Å²) in [4.78, 5) is 14.1. The maximum absolute atomic E-state index is 13.4. The number of carboxylic acid groups (broad SMARTS) is 1. The second-order valence-electron chi connectivity index (χ2n) is 3.93. The fraction of sp³-hybridized carbons (Fsp3) is 0.0769. The van der Waals surface area contributed by atoms with E-state index in [9.17, 15) is 22.4 Å². The molecule has 0 saturated carbocycles. The summed E-state index contributed by atoms with van der Waals surface area (Å²) >= 11 is 0. The maximum Gasteiger partial charge on any atom is 0.417 e. The van der Waals surface area contributed by atoms with Crippen molar-refractivity contribution in [2.75, 3.05) is 0 Å². The van der Waals surface area contributed by atoms with Crippen LogP contribution in [0.5, 0.6) is 11.6 Å². The summed E-state index contributed by atoms with van der Waals surface area (Å²) < 4.78 is 55.4. The Bertz CT molecular complexity index is 668. The van der Waals surface area contributed by atoms with E-state index in [1.54, 1.807) is 0 Å². The van der Waals surface area contributed by atoms with Crippen LogP contribution in [0, 0.1) is 5.82 Å². The van der Waals surface area contributed by atoms with Gasteiger partial charge in [-0.15, -0.1) is 0 Å². The molecule has 0 atom stereocenters. The number of pyridine rings is 1.